The average molecular weight is 320 g/mol. The minimum absolute atomic E-state index is 0.731. The van der Waals surface area contributed by atoms with E-state index >= 15 is 0 Å². The Bertz CT molecular complexity index is 284. The molecule has 2 nitrogen and oxygen atoms in total. The number of quaternary nitrogens is 1. The van der Waals surface area contributed by atoms with Crippen LogP contribution in [0.15, 0.2) is 0 Å². The maximum Gasteiger partial charge on any atom is 0.126 e. The van der Waals surface area contributed by atoms with E-state index in [2.05, 4.69) is 27.0 Å². The summed E-state index contributed by atoms with van der Waals surface area (Å²) in [6.07, 6.45) is 21.1. The van der Waals surface area contributed by atoms with Crippen molar-refractivity contribution in [2.24, 2.45) is 0 Å². The van der Waals surface area contributed by atoms with E-state index in [-0.39, 0.29) is 0 Å². The highest BCUT2D eigenvalue weighted by Gasteiger charge is 2.03. The van der Waals surface area contributed by atoms with Crippen LogP contribution >= 0.6 is 0 Å². The third kappa shape index (κ3) is 17.7. The first-order valence-electron chi connectivity index (χ1n) is 10.2. The summed E-state index contributed by atoms with van der Waals surface area (Å²) in [5.41, 5.74) is 0. The zero-order valence-corrected chi connectivity index (χ0v) is 16.3. The average Bonchev–Trinajstić information content (AvgIpc) is 2.51. The summed E-state index contributed by atoms with van der Waals surface area (Å²) < 4.78 is 0.731. The Hall–Kier alpha value is -0.485. The number of hydrogen-bond donors (Lipinski definition) is 0. The maximum atomic E-state index is 8.71. The van der Waals surface area contributed by atoms with Crippen molar-refractivity contribution in [1.29, 1.82) is 5.26 Å². The van der Waals surface area contributed by atoms with Crippen molar-refractivity contribution in [1.82, 2.24) is 0 Å². The minimum atomic E-state index is 0.731. The first-order chi connectivity index (χ1) is 11.1. The molecule has 0 bridgehead atoms. The summed E-state index contributed by atoms with van der Waals surface area (Å²) in [7, 11) is 5.93. The molecule has 134 valence electrons. The third-order valence-electron chi connectivity index (χ3n) is 4.75. The van der Waals surface area contributed by atoms with E-state index in [9.17, 15) is 0 Å². The molecule has 0 amide bonds. The molecule has 23 heavy (non-hydrogen) atoms. The lowest BCUT2D eigenvalue weighted by atomic mass is 9.91. The van der Waals surface area contributed by atoms with Crippen LogP contribution in [0.1, 0.15) is 103 Å². The summed E-state index contributed by atoms with van der Waals surface area (Å²) in [6.45, 7) is 3.37. The van der Waals surface area contributed by atoms with E-state index in [1.807, 2.05) is 0 Å². The molecule has 0 aromatic rings. The molecule has 0 N–H and O–H groups in total. The molecule has 0 fully saturated rings. The lowest BCUT2D eigenvalue weighted by molar-refractivity contribution is -0.777. The predicted octanol–water partition coefficient (Wildman–Crippen LogP) is 6.03. The molecule has 0 aromatic heterocycles. The molecular weight excluding hydrogens is 279 g/mol. The zero-order chi connectivity index (χ0) is 17.2. The van der Waals surface area contributed by atoms with Gasteiger partial charge >= 0.3 is 0 Å². The van der Waals surface area contributed by atoms with Gasteiger partial charge in [-0.1, -0.05) is 90.4 Å². The van der Waals surface area contributed by atoms with Crippen LogP contribution < -0.4 is 0 Å². The molecule has 0 heterocycles. The Kier molecular flexibility index (Phi) is 16.0. The zero-order valence-electron chi connectivity index (χ0n) is 16.3. The van der Waals surface area contributed by atoms with Crippen LogP contribution in [0.5, 0.6) is 0 Å². The molecule has 0 aliphatic heterocycles. The first kappa shape index (κ1) is 22.5. The van der Waals surface area contributed by atoms with E-state index in [4.69, 9.17) is 5.26 Å². The predicted molar refractivity (Wildman–Crippen MR) is 103 cm³/mol. The topological polar surface area (TPSA) is 23.8 Å². The van der Waals surface area contributed by atoms with Crippen molar-refractivity contribution in [3.63, 3.8) is 0 Å². The minimum Gasteiger partial charge on any atom is -0.553 e. The fraction of sp³-hybridized carbons (Fsp3) is 0.950. The summed E-state index contributed by atoms with van der Waals surface area (Å²) in [4.78, 5) is 0. The van der Waals surface area contributed by atoms with Crippen LogP contribution in [0.25, 0.3) is 0 Å². The van der Waals surface area contributed by atoms with Gasteiger partial charge in [0.15, 0.2) is 0 Å². The van der Waals surface area contributed by atoms with Gasteiger partial charge in [-0.25, -0.2) is 5.26 Å². The van der Waals surface area contributed by atoms with Crippen LogP contribution in [0, 0.1) is 11.2 Å². The first-order valence-corrected chi connectivity index (χ1v) is 10.2. The van der Waals surface area contributed by atoms with E-state index in [1.54, 1.807) is 7.41 Å². The van der Waals surface area contributed by atoms with Crippen molar-refractivity contribution in [2.75, 3.05) is 20.6 Å². The van der Waals surface area contributed by atoms with E-state index < -0.39 is 0 Å². The van der Waals surface area contributed by atoms with Gasteiger partial charge in [0.2, 0.25) is 0 Å². The molecule has 2 radical (unpaired) electrons. The monoisotopic (exact) mass is 320 g/mol. The van der Waals surface area contributed by atoms with Gasteiger partial charge < -0.3 is 4.39 Å². The fourth-order valence-corrected chi connectivity index (χ4v) is 3.11. The molecule has 0 saturated carbocycles. The SMILES string of the molecule is CCCCCCCCCCCCCCCCC[N+](C)(C)[B-]C#N. The molecule has 0 aliphatic rings. The second-order valence-electron chi connectivity index (χ2n) is 7.71. The van der Waals surface area contributed by atoms with E-state index in [0.717, 1.165) is 10.9 Å². The lowest BCUT2D eigenvalue weighted by Crippen LogP contribution is -2.43. The number of unbranched alkanes of at least 4 members (excludes halogenated alkanes) is 14. The molecular formula is C20H41BN2. The standard InChI is InChI=1S/C20H41BN2/c1-4-5-6-7-8-9-10-11-12-13-14-15-16-17-18-19-23(2,3)21-20-22/h4-19H2,1-3H3. The Morgan fingerprint density at radius 3 is 1.35 bits per heavy atom. The number of hydrogen-bond acceptors (Lipinski definition) is 1. The van der Waals surface area contributed by atoms with Crippen LogP contribution in [-0.4, -0.2) is 32.4 Å². The normalized spacial score (nSPS) is 11.6. The highest BCUT2D eigenvalue weighted by molar-refractivity contribution is 6.36. The van der Waals surface area contributed by atoms with Gasteiger partial charge in [-0.15, -0.1) is 5.97 Å². The quantitative estimate of drug-likeness (QED) is 0.237. The van der Waals surface area contributed by atoms with Gasteiger partial charge in [-0.05, 0) is 12.8 Å². The molecule has 0 rings (SSSR count). The Labute approximate surface area is 147 Å². The maximum absolute atomic E-state index is 8.71. The molecule has 0 unspecified atom stereocenters. The summed E-state index contributed by atoms with van der Waals surface area (Å²) in [5, 5.41) is 8.71. The molecule has 0 atom stereocenters. The van der Waals surface area contributed by atoms with Crippen LogP contribution in [-0.2, 0) is 0 Å². The second-order valence-corrected chi connectivity index (χ2v) is 7.71. The Morgan fingerprint density at radius 2 is 1.00 bits per heavy atom. The molecule has 0 spiro atoms. The largest absolute Gasteiger partial charge is 0.553 e. The fourth-order valence-electron chi connectivity index (χ4n) is 3.11. The van der Waals surface area contributed by atoms with Gasteiger partial charge in [0.25, 0.3) is 0 Å². The van der Waals surface area contributed by atoms with Crippen molar-refractivity contribution >= 4 is 7.41 Å². The molecule has 0 aromatic carbocycles. The smallest absolute Gasteiger partial charge is 0.126 e. The highest BCUT2D eigenvalue weighted by atomic mass is 15.2. The van der Waals surface area contributed by atoms with E-state index in [0.29, 0.717) is 0 Å². The molecule has 0 aliphatic carbocycles. The highest BCUT2D eigenvalue weighted by Crippen LogP contribution is 2.13. The Balaban J connectivity index is 3.12. The van der Waals surface area contributed by atoms with Gasteiger partial charge in [0.1, 0.15) is 7.41 Å². The van der Waals surface area contributed by atoms with Crippen molar-refractivity contribution in [2.45, 2.75) is 103 Å². The second kappa shape index (κ2) is 16.4. The molecule has 3 heteroatoms. The van der Waals surface area contributed by atoms with Gasteiger partial charge in [-0.3, -0.25) is 0 Å². The number of nitriles is 1. The van der Waals surface area contributed by atoms with Gasteiger partial charge in [0.05, 0.1) is 0 Å². The lowest BCUT2D eigenvalue weighted by Gasteiger charge is -2.40. The van der Waals surface area contributed by atoms with Gasteiger partial charge in [0, 0.05) is 20.6 Å². The van der Waals surface area contributed by atoms with Crippen molar-refractivity contribution in [3.05, 3.63) is 0 Å². The van der Waals surface area contributed by atoms with Gasteiger partial charge in [-0.2, -0.15) is 0 Å². The van der Waals surface area contributed by atoms with Crippen molar-refractivity contribution < 1.29 is 4.39 Å². The number of nitrogens with zero attached hydrogens (tertiary/aromatic N) is 2. The van der Waals surface area contributed by atoms with Crippen LogP contribution in [0.3, 0.4) is 0 Å². The summed E-state index contributed by atoms with van der Waals surface area (Å²) >= 11 is 0. The van der Waals surface area contributed by atoms with Crippen LogP contribution in [0.4, 0.5) is 0 Å². The van der Waals surface area contributed by atoms with Crippen LogP contribution in [0.2, 0.25) is 0 Å². The Morgan fingerprint density at radius 1 is 0.652 bits per heavy atom. The number of rotatable bonds is 17. The van der Waals surface area contributed by atoms with E-state index in [1.165, 1.54) is 96.3 Å². The summed E-state index contributed by atoms with van der Waals surface area (Å²) in [6, 6.07) is 0. The molecule has 0 saturated heterocycles. The van der Waals surface area contributed by atoms with Crippen molar-refractivity contribution in [3.8, 4) is 5.97 Å². The summed E-state index contributed by atoms with van der Waals surface area (Å²) in [5.74, 6) is 2.16. The third-order valence-corrected chi connectivity index (χ3v) is 4.75.